The van der Waals surface area contributed by atoms with Crippen molar-refractivity contribution in [2.75, 3.05) is 18.1 Å². The average Bonchev–Trinajstić information content (AvgIpc) is 3.15. The van der Waals surface area contributed by atoms with Gasteiger partial charge in [0.25, 0.3) is 5.91 Å². The zero-order valence-electron chi connectivity index (χ0n) is 13.9. The van der Waals surface area contributed by atoms with Crippen molar-refractivity contribution in [2.45, 2.75) is 17.5 Å². The number of carbonyl (C=O) groups is 1. The average molecular weight is 394 g/mol. The van der Waals surface area contributed by atoms with Gasteiger partial charge in [-0.05, 0) is 42.3 Å². The summed E-state index contributed by atoms with van der Waals surface area (Å²) in [7, 11) is 0. The van der Waals surface area contributed by atoms with Gasteiger partial charge in [-0.1, -0.05) is 35.9 Å². The molecule has 0 bridgehead atoms. The second kappa shape index (κ2) is 8.88. The van der Waals surface area contributed by atoms with E-state index in [-0.39, 0.29) is 18.6 Å². The van der Waals surface area contributed by atoms with Gasteiger partial charge >= 0.3 is 0 Å². The summed E-state index contributed by atoms with van der Waals surface area (Å²) in [6.45, 7) is 1.94. The van der Waals surface area contributed by atoms with E-state index in [2.05, 4.69) is 17.4 Å². The molecule has 0 unspecified atom stereocenters. The fourth-order valence-corrected chi connectivity index (χ4v) is 5.52. The van der Waals surface area contributed by atoms with E-state index in [0.29, 0.717) is 15.4 Å². The first-order valence-electron chi connectivity index (χ1n) is 8.12. The van der Waals surface area contributed by atoms with Crippen LogP contribution in [0.4, 0.5) is 0 Å². The molecule has 25 heavy (non-hydrogen) atoms. The van der Waals surface area contributed by atoms with Crippen LogP contribution in [0.2, 0.25) is 5.02 Å². The third-order valence-electron chi connectivity index (χ3n) is 3.89. The van der Waals surface area contributed by atoms with Crippen molar-refractivity contribution in [3.8, 4) is 5.75 Å². The van der Waals surface area contributed by atoms with Crippen LogP contribution in [-0.2, 0) is 4.79 Å². The molecule has 1 saturated heterocycles. The van der Waals surface area contributed by atoms with Crippen LogP contribution in [0.3, 0.4) is 0 Å². The zero-order chi connectivity index (χ0) is 17.6. The fraction of sp³-hybridized carbons (Fsp3) is 0.316. The maximum absolute atomic E-state index is 12.1. The largest absolute Gasteiger partial charge is 0.484 e. The molecule has 1 N–H and O–H groups in total. The maximum Gasteiger partial charge on any atom is 0.258 e. The SMILES string of the molecule is C[C@H](NC(=O)COc1ccc(C2SCCS2)cc1)c1ccc(Cl)cc1. The van der Waals surface area contributed by atoms with Crippen molar-refractivity contribution in [3.05, 3.63) is 64.7 Å². The molecule has 3 rings (SSSR count). The van der Waals surface area contributed by atoms with Gasteiger partial charge < -0.3 is 10.1 Å². The molecule has 1 atom stereocenters. The number of nitrogens with one attached hydrogen (secondary N) is 1. The van der Waals surface area contributed by atoms with Gasteiger partial charge in [0.15, 0.2) is 6.61 Å². The van der Waals surface area contributed by atoms with Gasteiger partial charge in [0.2, 0.25) is 0 Å². The summed E-state index contributed by atoms with van der Waals surface area (Å²) in [5.41, 5.74) is 2.31. The van der Waals surface area contributed by atoms with E-state index in [1.165, 1.54) is 17.1 Å². The van der Waals surface area contributed by atoms with Crippen LogP contribution in [0.5, 0.6) is 5.75 Å². The van der Waals surface area contributed by atoms with Crippen molar-refractivity contribution in [1.29, 1.82) is 0 Å². The van der Waals surface area contributed by atoms with E-state index in [0.717, 1.165) is 5.56 Å². The molecular weight excluding hydrogens is 374 g/mol. The smallest absolute Gasteiger partial charge is 0.258 e. The highest BCUT2D eigenvalue weighted by atomic mass is 35.5. The molecule has 1 fully saturated rings. The molecule has 0 aliphatic carbocycles. The molecule has 0 aromatic heterocycles. The van der Waals surface area contributed by atoms with Crippen molar-refractivity contribution in [1.82, 2.24) is 5.32 Å². The summed E-state index contributed by atoms with van der Waals surface area (Å²) in [6.07, 6.45) is 0. The molecule has 6 heteroatoms. The Balaban J connectivity index is 1.47. The summed E-state index contributed by atoms with van der Waals surface area (Å²) in [5.74, 6) is 2.98. The first-order chi connectivity index (χ1) is 12.1. The Labute approximate surface area is 161 Å². The number of hydrogen-bond donors (Lipinski definition) is 1. The Hall–Kier alpha value is -1.30. The fourth-order valence-electron chi connectivity index (χ4n) is 2.54. The van der Waals surface area contributed by atoms with Crippen LogP contribution in [0, 0.1) is 0 Å². The molecular formula is C19H20ClNO2S2. The number of hydrogen-bond acceptors (Lipinski definition) is 4. The molecule has 2 aromatic rings. The summed E-state index contributed by atoms with van der Waals surface area (Å²) >= 11 is 9.83. The summed E-state index contributed by atoms with van der Waals surface area (Å²) < 4.78 is 6.12. The minimum absolute atomic E-state index is 0.00417. The monoisotopic (exact) mass is 393 g/mol. The van der Waals surface area contributed by atoms with Crippen LogP contribution < -0.4 is 10.1 Å². The number of benzene rings is 2. The minimum Gasteiger partial charge on any atom is -0.484 e. The predicted octanol–water partition coefficient (Wildman–Crippen LogP) is 5.07. The molecule has 0 radical (unpaired) electrons. The lowest BCUT2D eigenvalue weighted by Crippen LogP contribution is -2.31. The van der Waals surface area contributed by atoms with Gasteiger partial charge in [0.05, 0.1) is 10.6 Å². The first kappa shape index (κ1) is 18.5. The predicted molar refractivity (Wildman–Crippen MR) is 108 cm³/mol. The van der Waals surface area contributed by atoms with E-state index in [1.807, 2.05) is 66.8 Å². The normalized spacial score (nSPS) is 15.8. The van der Waals surface area contributed by atoms with Crippen molar-refractivity contribution >= 4 is 41.0 Å². The summed E-state index contributed by atoms with van der Waals surface area (Å²) in [5, 5.41) is 3.61. The lowest BCUT2D eigenvalue weighted by Gasteiger charge is -2.15. The second-order valence-electron chi connectivity index (χ2n) is 5.77. The Morgan fingerprint density at radius 3 is 2.44 bits per heavy atom. The molecule has 0 spiro atoms. The molecule has 1 aliphatic heterocycles. The van der Waals surface area contributed by atoms with Gasteiger partial charge in [0.1, 0.15) is 5.75 Å². The molecule has 1 heterocycles. The highest BCUT2D eigenvalue weighted by Gasteiger charge is 2.18. The molecule has 1 amide bonds. The number of carbonyl (C=O) groups excluding carboxylic acids is 1. The van der Waals surface area contributed by atoms with Crippen LogP contribution in [0.15, 0.2) is 48.5 Å². The van der Waals surface area contributed by atoms with Crippen molar-refractivity contribution in [2.24, 2.45) is 0 Å². The third-order valence-corrected chi connectivity index (χ3v) is 7.25. The topological polar surface area (TPSA) is 38.3 Å². The van der Waals surface area contributed by atoms with E-state index < -0.39 is 0 Å². The Kier molecular flexibility index (Phi) is 6.57. The minimum atomic E-state index is -0.145. The van der Waals surface area contributed by atoms with Gasteiger partial charge in [-0.2, -0.15) is 0 Å². The number of halogens is 1. The number of amides is 1. The molecule has 3 nitrogen and oxygen atoms in total. The number of rotatable bonds is 6. The van der Waals surface area contributed by atoms with Crippen LogP contribution in [0.1, 0.15) is 28.7 Å². The Morgan fingerprint density at radius 1 is 1.16 bits per heavy atom. The highest BCUT2D eigenvalue weighted by Crippen LogP contribution is 2.45. The van der Waals surface area contributed by atoms with Gasteiger partial charge in [-0.25, -0.2) is 0 Å². The second-order valence-corrected chi connectivity index (χ2v) is 8.93. The van der Waals surface area contributed by atoms with Crippen LogP contribution in [-0.4, -0.2) is 24.0 Å². The Morgan fingerprint density at radius 2 is 1.80 bits per heavy atom. The van der Waals surface area contributed by atoms with Gasteiger partial charge in [0, 0.05) is 16.5 Å². The maximum atomic E-state index is 12.1. The van der Waals surface area contributed by atoms with Crippen molar-refractivity contribution in [3.63, 3.8) is 0 Å². The quantitative estimate of drug-likeness (QED) is 0.743. The highest BCUT2D eigenvalue weighted by molar-refractivity contribution is 8.19. The van der Waals surface area contributed by atoms with Gasteiger partial charge in [-0.15, -0.1) is 23.5 Å². The van der Waals surface area contributed by atoms with Crippen LogP contribution >= 0.6 is 35.1 Å². The van der Waals surface area contributed by atoms with E-state index in [1.54, 1.807) is 0 Å². The van der Waals surface area contributed by atoms with E-state index in [4.69, 9.17) is 16.3 Å². The standard InChI is InChI=1S/C19H20ClNO2S2/c1-13(14-2-6-16(20)7-3-14)21-18(22)12-23-17-8-4-15(5-9-17)19-24-10-11-25-19/h2-9,13,19H,10-12H2,1H3,(H,21,22)/t13-/m0/s1. The van der Waals surface area contributed by atoms with E-state index >= 15 is 0 Å². The number of thioether (sulfide) groups is 2. The number of ether oxygens (including phenoxy) is 1. The van der Waals surface area contributed by atoms with Crippen molar-refractivity contribution < 1.29 is 9.53 Å². The lowest BCUT2D eigenvalue weighted by atomic mass is 10.1. The third kappa shape index (κ3) is 5.33. The summed E-state index contributed by atoms with van der Waals surface area (Å²) in [4.78, 5) is 12.1. The molecule has 132 valence electrons. The van der Waals surface area contributed by atoms with Gasteiger partial charge in [-0.3, -0.25) is 4.79 Å². The lowest BCUT2D eigenvalue weighted by molar-refractivity contribution is -0.123. The van der Waals surface area contributed by atoms with Crippen LogP contribution in [0.25, 0.3) is 0 Å². The first-order valence-corrected chi connectivity index (χ1v) is 10.6. The molecule has 2 aromatic carbocycles. The van der Waals surface area contributed by atoms with E-state index in [9.17, 15) is 4.79 Å². The molecule has 1 aliphatic rings. The molecule has 0 saturated carbocycles. The zero-order valence-corrected chi connectivity index (χ0v) is 16.3. The Bertz CT molecular complexity index is 700. The summed E-state index contributed by atoms with van der Waals surface area (Å²) in [6, 6.07) is 15.4.